The standard InChI is InChI=1S/C24H21BrN2O5S/c1-12-23(33-13(2)26-12)21(29)18-19(15-9-16(25)20(28)17(10-15)32-3)27(24(31)22(18)30)11-14-7-5-4-6-8-14/h4-10,19,28,30H,11H2,1-3H3. The number of aromatic nitrogens is 1. The number of nitrogens with zero attached hydrogens (tertiary/aromatic N) is 2. The van der Waals surface area contributed by atoms with Crippen molar-refractivity contribution >= 4 is 39.0 Å². The first-order valence-corrected chi connectivity index (χ1v) is 11.7. The summed E-state index contributed by atoms with van der Waals surface area (Å²) < 4.78 is 5.62. The third-order valence-corrected chi connectivity index (χ3v) is 7.12. The van der Waals surface area contributed by atoms with Crippen molar-refractivity contribution in [1.82, 2.24) is 9.88 Å². The molecule has 1 atom stereocenters. The van der Waals surface area contributed by atoms with E-state index in [1.165, 1.54) is 23.3 Å². The monoisotopic (exact) mass is 528 g/mol. The van der Waals surface area contributed by atoms with Crippen molar-refractivity contribution in [2.75, 3.05) is 7.11 Å². The van der Waals surface area contributed by atoms with Gasteiger partial charge in [-0.05, 0) is 53.0 Å². The van der Waals surface area contributed by atoms with Gasteiger partial charge >= 0.3 is 0 Å². The first-order chi connectivity index (χ1) is 15.7. The number of amides is 1. The maximum absolute atomic E-state index is 13.6. The fraction of sp³-hybridized carbons (Fsp3) is 0.208. The molecule has 33 heavy (non-hydrogen) atoms. The summed E-state index contributed by atoms with van der Waals surface area (Å²) in [5.41, 5.74) is 1.86. The second kappa shape index (κ2) is 8.99. The van der Waals surface area contributed by atoms with Crippen LogP contribution in [-0.2, 0) is 11.3 Å². The molecule has 2 aromatic carbocycles. The molecule has 3 aromatic rings. The molecule has 1 aromatic heterocycles. The quantitative estimate of drug-likeness (QED) is 0.436. The molecule has 7 nitrogen and oxygen atoms in total. The minimum absolute atomic E-state index is 0.0256. The van der Waals surface area contributed by atoms with Crippen LogP contribution in [0.1, 0.15) is 37.5 Å². The van der Waals surface area contributed by atoms with Crippen LogP contribution in [0.25, 0.3) is 0 Å². The summed E-state index contributed by atoms with van der Waals surface area (Å²) >= 11 is 4.53. The average Bonchev–Trinajstić information content (AvgIpc) is 3.26. The molecule has 1 aliphatic heterocycles. The number of ketones is 1. The molecule has 0 saturated carbocycles. The Morgan fingerprint density at radius 3 is 2.52 bits per heavy atom. The second-order valence-corrected chi connectivity index (χ2v) is 9.67. The highest BCUT2D eigenvalue weighted by Gasteiger charge is 2.45. The first-order valence-electron chi connectivity index (χ1n) is 10.1. The van der Waals surface area contributed by atoms with Crippen molar-refractivity contribution in [3.8, 4) is 11.5 Å². The van der Waals surface area contributed by atoms with Crippen molar-refractivity contribution in [2.45, 2.75) is 26.4 Å². The maximum atomic E-state index is 13.6. The number of halogens is 1. The number of carbonyl (C=O) groups excluding carboxylic acids is 2. The van der Waals surface area contributed by atoms with Crippen molar-refractivity contribution in [1.29, 1.82) is 0 Å². The van der Waals surface area contributed by atoms with E-state index >= 15 is 0 Å². The lowest BCUT2D eigenvalue weighted by atomic mass is 9.94. The highest BCUT2D eigenvalue weighted by Crippen LogP contribution is 2.45. The summed E-state index contributed by atoms with van der Waals surface area (Å²) in [6.45, 7) is 3.69. The van der Waals surface area contributed by atoms with Crippen molar-refractivity contribution in [3.63, 3.8) is 0 Å². The molecule has 0 radical (unpaired) electrons. The largest absolute Gasteiger partial charge is 0.503 e. The van der Waals surface area contributed by atoms with Gasteiger partial charge in [0.15, 0.2) is 17.3 Å². The third kappa shape index (κ3) is 4.14. The fourth-order valence-corrected chi connectivity index (χ4v) is 5.28. The average molecular weight is 529 g/mol. The van der Waals surface area contributed by atoms with Crippen LogP contribution in [0.4, 0.5) is 0 Å². The van der Waals surface area contributed by atoms with Gasteiger partial charge in [-0.1, -0.05) is 30.3 Å². The van der Waals surface area contributed by atoms with E-state index in [0.717, 1.165) is 5.56 Å². The summed E-state index contributed by atoms with van der Waals surface area (Å²) in [7, 11) is 1.41. The number of aromatic hydroxyl groups is 1. The Bertz CT molecular complexity index is 1290. The number of ether oxygens (including phenoxy) is 1. The molecule has 0 fully saturated rings. The Kier molecular flexibility index (Phi) is 6.27. The molecule has 0 saturated heterocycles. The number of aryl methyl sites for hydroxylation is 2. The predicted molar refractivity (Wildman–Crippen MR) is 128 cm³/mol. The van der Waals surface area contributed by atoms with Gasteiger partial charge in [0, 0.05) is 6.54 Å². The van der Waals surface area contributed by atoms with E-state index in [9.17, 15) is 19.8 Å². The first kappa shape index (κ1) is 23.0. The SMILES string of the molecule is COc1cc(C2C(C(=O)c3sc(C)nc3C)=C(O)C(=O)N2Cc2ccccc2)cc(Br)c1O. The highest BCUT2D eigenvalue weighted by atomic mass is 79.9. The van der Waals surface area contributed by atoms with E-state index in [1.54, 1.807) is 26.0 Å². The Morgan fingerprint density at radius 1 is 1.21 bits per heavy atom. The minimum atomic E-state index is -0.891. The van der Waals surface area contributed by atoms with Gasteiger partial charge in [0.05, 0.1) is 38.8 Å². The van der Waals surface area contributed by atoms with Crippen LogP contribution in [0.5, 0.6) is 11.5 Å². The molecule has 170 valence electrons. The van der Waals surface area contributed by atoms with E-state index in [2.05, 4.69) is 20.9 Å². The number of rotatable bonds is 6. The number of hydrogen-bond donors (Lipinski definition) is 2. The lowest BCUT2D eigenvalue weighted by Crippen LogP contribution is -2.30. The molecule has 1 amide bonds. The summed E-state index contributed by atoms with van der Waals surface area (Å²) in [5.74, 6) is -1.61. The number of benzene rings is 2. The second-order valence-electron chi connectivity index (χ2n) is 7.61. The van der Waals surface area contributed by atoms with Gasteiger partial charge in [-0.2, -0.15) is 0 Å². The molecular formula is C24H21BrN2O5S. The van der Waals surface area contributed by atoms with E-state index in [1.807, 2.05) is 30.3 Å². The van der Waals surface area contributed by atoms with Gasteiger partial charge in [-0.3, -0.25) is 9.59 Å². The van der Waals surface area contributed by atoms with Gasteiger partial charge < -0.3 is 19.8 Å². The normalized spacial score (nSPS) is 15.9. The summed E-state index contributed by atoms with van der Waals surface area (Å²) in [4.78, 5) is 32.9. The summed E-state index contributed by atoms with van der Waals surface area (Å²) in [5, 5.41) is 21.9. The summed E-state index contributed by atoms with van der Waals surface area (Å²) in [6, 6.07) is 11.6. The van der Waals surface area contributed by atoms with Gasteiger partial charge in [-0.25, -0.2) is 4.98 Å². The number of phenolic OH excluding ortho intramolecular Hbond substituents is 1. The van der Waals surface area contributed by atoms with Crippen LogP contribution < -0.4 is 4.74 Å². The van der Waals surface area contributed by atoms with Crippen LogP contribution in [0.15, 0.2) is 58.3 Å². The molecule has 2 heterocycles. The molecule has 0 bridgehead atoms. The zero-order chi connectivity index (χ0) is 23.9. The lowest BCUT2D eigenvalue weighted by Gasteiger charge is -2.27. The zero-order valence-electron chi connectivity index (χ0n) is 18.1. The van der Waals surface area contributed by atoms with Gasteiger partial charge in [-0.15, -0.1) is 11.3 Å². The zero-order valence-corrected chi connectivity index (χ0v) is 20.5. The number of carbonyl (C=O) groups is 2. The molecule has 1 aliphatic rings. The molecule has 4 rings (SSSR count). The number of aliphatic hydroxyl groups excluding tert-OH is 1. The van der Waals surface area contributed by atoms with Crippen LogP contribution in [0.3, 0.4) is 0 Å². The van der Waals surface area contributed by atoms with Crippen LogP contribution in [0.2, 0.25) is 0 Å². The van der Waals surface area contributed by atoms with Crippen LogP contribution in [-0.4, -0.2) is 38.9 Å². The van der Waals surface area contributed by atoms with Crippen molar-refractivity contribution < 1.29 is 24.5 Å². The third-order valence-electron chi connectivity index (χ3n) is 5.44. The predicted octanol–water partition coefficient (Wildman–Crippen LogP) is 5.02. The Balaban J connectivity index is 1.88. The van der Waals surface area contributed by atoms with Crippen molar-refractivity contribution in [3.05, 3.63) is 85.0 Å². The molecule has 0 aliphatic carbocycles. The molecule has 9 heteroatoms. The molecule has 1 unspecified atom stereocenters. The topological polar surface area (TPSA) is 100.0 Å². The number of thiazole rings is 1. The number of methoxy groups -OCH3 is 1. The molecular weight excluding hydrogens is 508 g/mol. The van der Waals surface area contributed by atoms with E-state index < -0.39 is 23.5 Å². The number of aliphatic hydroxyl groups is 1. The van der Waals surface area contributed by atoms with Crippen LogP contribution >= 0.6 is 27.3 Å². The van der Waals surface area contributed by atoms with Gasteiger partial charge in [0.25, 0.3) is 5.91 Å². The summed E-state index contributed by atoms with van der Waals surface area (Å²) in [6.07, 6.45) is 0. The smallest absolute Gasteiger partial charge is 0.290 e. The molecule has 2 N–H and O–H groups in total. The number of Topliss-reactive ketones (excluding diaryl/α,β-unsaturated/α-hetero) is 1. The van der Waals surface area contributed by atoms with E-state index in [-0.39, 0.29) is 23.6 Å². The minimum Gasteiger partial charge on any atom is -0.503 e. The highest BCUT2D eigenvalue weighted by molar-refractivity contribution is 9.10. The van der Waals surface area contributed by atoms with E-state index in [0.29, 0.717) is 25.6 Å². The van der Waals surface area contributed by atoms with Gasteiger partial charge in [0.1, 0.15) is 0 Å². The van der Waals surface area contributed by atoms with Crippen LogP contribution in [0, 0.1) is 13.8 Å². The lowest BCUT2D eigenvalue weighted by molar-refractivity contribution is -0.130. The van der Waals surface area contributed by atoms with E-state index in [4.69, 9.17) is 4.74 Å². The Hall–Kier alpha value is -3.17. The van der Waals surface area contributed by atoms with Crippen molar-refractivity contribution in [2.24, 2.45) is 0 Å². The fourth-order valence-electron chi connectivity index (χ4n) is 3.95. The Labute approximate surface area is 203 Å². The van der Waals surface area contributed by atoms with Gasteiger partial charge in [0.2, 0.25) is 5.78 Å². The molecule has 0 spiro atoms. The maximum Gasteiger partial charge on any atom is 0.290 e. The Morgan fingerprint density at radius 2 is 1.91 bits per heavy atom. The number of hydrogen-bond acceptors (Lipinski definition) is 7. The number of phenols is 1.